The number of carbonyl (C=O) groups excluding carboxylic acids is 3. The van der Waals surface area contributed by atoms with Crippen molar-refractivity contribution in [2.75, 3.05) is 7.05 Å². The maximum Gasteiger partial charge on any atom is 0.245 e. The fourth-order valence-electron chi connectivity index (χ4n) is 4.07. The average Bonchev–Trinajstić information content (AvgIpc) is 2.80. The first-order valence-electron chi connectivity index (χ1n) is 12.2. The van der Waals surface area contributed by atoms with Crippen molar-refractivity contribution in [1.29, 1.82) is 0 Å². The molecule has 0 fully saturated rings. The van der Waals surface area contributed by atoms with Crippen molar-refractivity contribution in [1.82, 2.24) is 10.2 Å². The van der Waals surface area contributed by atoms with Crippen LogP contribution >= 0.6 is 0 Å². The first-order chi connectivity index (χ1) is 16.7. The number of rotatable bonds is 10. The van der Waals surface area contributed by atoms with Gasteiger partial charge in [-0.3, -0.25) is 14.4 Å². The highest BCUT2D eigenvalue weighted by molar-refractivity contribution is 5.93. The standard InChI is InChI=1S/C28H40N4O4/c1-17(2)24(31-26(35)21(29)15-18-10-8-7-9-11-18)27(36)32(6)22(25(30)34)16-19-12-13-23(33)20(14-19)28(3,4)5/h7-14,17,21-22,24,33H,15-16,29H2,1-6H3,(H2,30,34)(H,31,35)/t21-,22-,24-/m0/s1. The van der Waals surface area contributed by atoms with Crippen LogP contribution in [0, 0.1) is 5.92 Å². The Morgan fingerprint density at radius 2 is 1.61 bits per heavy atom. The molecule has 2 aromatic carbocycles. The van der Waals surface area contributed by atoms with Crippen molar-refractivity contribution in [3.05, 3.63) is 65.2 Å². The molecular formula is C28H40N4O4. The van der Waals surface area contributed by atoms with Gasteiger partial charge >= 0.3 is 0 Å². The summed E-state index contributed by atoms with van der Waals surface area (Å²) in [6, 6.07) is 11.9. The lowest BCUT2D eigenvalue weighted by molar-refractivity contribution is -0.142. The summed E-state index contributed by atoms with van der Waals surface area (Å²) in [6.07, 6.45) is 0.510. The Labute approximate surface area is 214 Å². The lowest BCUT2D eigenvalue weighted by Crippen LogP contribution is -2.58. The zero-order valence-corrected chi connectivity index (χ0v) is 22.1. The van der Waals surface area contributed by atoms with Gasteiger partial charge in [0.25, 0.3) is 0 Å². The first kappa shape index (κ1) is 28.8. The molecule has 0 saturated heterocycles. The van der Waals surface area contributed by atoms with Gasteiger partial charge in [-0.05, 0) is 40.5 Å². The first-order valence-corrected chi connectivity index (χ1v) is 12.2. The van der Waals surface area contributed by atoms with Gasteiger partial charge in [-0.2, -0.15) is 0 Å². The zero-order chi connectivity index (χ0) is 27.2. The van der Waals surface area contributed by atoms with Gasteiger partial charge < -0.3 is 26.8 Å². The van der Waals surface area contributed by atoms with E-state index in [1.165, 1.54) is 11.9 Å². The fourth-order valence-corrected chi connectivity index (χ4v) is 4.07. The number of primary amides is 1. The zero-order valence-electron chi connectivity index (χ0n) is 22.1. The number of nitrogens with two attached hydrogens (primary N) is 2. The van der Waals surface area contributed by atoms with Crippen LogP contribution in [0.3, 0.4) is 0 Å². The molecule has 0 bridgehead atoms. The van der Waals surface area contributed by atoms with E-state index in [-0.39, 0.29) is 23.5 Å². The van der Waals surface area contributed by atoms with Crippen LogP contribution in [0.15, 0.2) is 48.5 Å². The molecule has 196 valence electrons. The number of hydrogen-bond acceptors (Lipinski definition) is 5. The van der Waals surface area contributed by atoms with E-state index >= 15 is 0 Å². The minimum absolute atomic E-state index is 0.167. The Bertz CT molecular complexity index is 1060. The van der Waals surface area contributed by atoms with Crippen LogP contribution in [-0.2, 0) is 32.6 Å². The average molecular weight is 497 g/mol. The molecule has 8 nitrogen and oxygen atoms in total. The van der Waals surface area contributed by atoms with Gasteiger partial charge in [0.05, 0.1) is 6.04 Å². The number of nitrogens with zero attached hydrogens (tertiary/aromatic N) is 1. The van der Waals surface area contributed by atoms with E-state index in [2.05, 4.69) is 5.32 Å². The van der Waals surface area contributed by atoms with Gasteiger partial charge in [-0.15, -0.1) is 0 Å². The van der Waals surface area contributed by atoms with Crippen molar-refractivity contribution in [3.63, 3.8) is 0 Å². The summed E-state index contributed by atoms with van der Waals surface area (Å²) in [7, 11) is 1.51. The number of likely N-dealkylation sites (N-methyl/N-ethyl adjacent to an activating group) is 1. The third-order valence-electron chi connectivity index (χ3n) is 6.31. The summed E-state index contributed by atoms with van der Waals surface area (Å²) < 4.78 is 0. The normalized spacial score (nSPS) is 14.1. The van der Waals surface area contributed by atoms with Crippen LogP contribution in [0.1, 0.15) is 51.3 Å². The molecule has 36 heavy (non-hydrogen) atoms. The molecule has 2 aromatic rings. The van der Waals surface area contributed by atoms with E-state index in [1.54, 1.807) is 12.1 Å². The summed E-state index contributed by atoms with van der Waals surface area (Å²) in [5, 5.41) is 13.0. The molecule has 0 spiro atoms. The Kier molecular flexibility index (Phi) is 9.64. The van der Waals surface area contributed by atoms with Gasteiger partial charge in [0, 0.05) is 13.5 Å². The van der Waals surface area contributed by atoms with Crippen molar-refractivity contribution >= 4 is 17.7 Å². The van der Waals surface area contributed by atoms with E-state index in [4.69, 9.17) is 11.5 Å². The molecule has 0 radical (unpaired) electrons. The van der Waals surface area contributed by atoms with E-state index < -0.39 is 35.8 Å². The Balaban J connectivity index is 2.19. The van der Waals surface area contributed by atoms with Crippen LogP contribution in [0.2, 0.25) is 0 Å². The number of hydrogen-bond donors (Lipinski definition) is 4. The maximum absolute atomic E-state index is 13.4. The molecule has 0 aliphatic heterocycles. The Hall–Kier alpha value is -3.39. The minimum Gasteiger partial charge on any atom is -0.508 e. The van der Waals surface area contributed by atoms with Gasteiger partial charge in [-0.25, -0.2) is 0 Å². The van der Waals surface area contributed by atoms with Gasteiger partial charge in [0.2, 0.25) is 17.7 Å². The third-order valence-corrected chi connectivity index (χ3v) is 6.31. The molecule has 6 N–H and O–H groups in total. The highest BCUT2D eigenvalue weighted by atomic mass is 16.3. The number of phenolic OH excluding ortho intramolecular Hbond substituents is 1. The molecule has 0 aliphatic rings. The lowest BCUT2D eigenvalue weighted by Gasteiger charge is -2.32. The van der Waals surface area contributed by atoms with Gasteiger partial charge in [0.1, 0.15) is 17.8 Å². The largest absolute Gasteiger partial charge is 0.508 e. The number of phenols is 1. The lowest BCUT2D eigenvalue weighted by atomic mass is 9.84. The second kappa shape index (κ2) is 12.0. The maximum atomic E-state index is 13.4. The summed E-state index contributed by atoms with van der Waals surface area (Å²) >= 11 is 0. The molecule has 0 unspecified atom stereocenters. The predicted octanol–water partition coefficient (Wildman–Crippen LogP) is 2.26. The van der Waals surface area contributed by atoms with Crippen LogP contribution in [0.5, 0.6) is 5.75 Å². The predicted molar refractivity (Wildman–Crippen MR) is 141 cm³/mol. The number of benzene rings is 2. The SMILES string of the molecule is CC(C)[C@H](NC(=O)[C@@H](N)Cc1ccccc1)C(=O)N(C)[C@@H](Cc1ccc(O)c(C(C)(C)C)c1)C(N)=O. The topological polar surface area (TPSA) is 139 Å². The van der Waals surface area contributed by atoms with Gasteiger partial charge in [-0.1, -0.05) is 77.1 Å². The second-order valence-electron chi connectivity index (χ2n) is 10.7. The van der Waals surface area contributed by atoms with Crippen molar-refractivity contribution in [2.24, 2.45) is 17.4 Å². The minimum atomic E-state index is -0.939. The van der Waals surface area contributed by atoms with Gasteiger partial charge in [0.15, 0.2) is 0 Å². The molecule has 0 aromatic heterocycles. The molecule has 8 heteroatoms. The number of carbonyl (C=O) groups is 3. The summed E-state index contributed by atoms with van der Waals surface area (Å²) in [5.41, 5.74) is 13.9. The highest BCUT2D eigenvalue weighted by Crippen LogP contribution is 2.31. The van der Waals surface area contributed by atoms with E-state index in [1.807, 2.05) is 71.0 Å². The van der Waals surface area contributed by atoms with Crippen LogP contribution in [0.4, 0.5) is 0 Å². The molecular weight excluding hydrogens is 456 g/mol. The number of aromatic hydroxyl groups is 1. The number of amides is 3. The second-order valence-corrected chi connectivity index (χ2v) is 10.7. The summed E-state index contributed by atoms with van der Waals surface area (Å²) in [5.74, 6) is -1.61. The summed E-state index contributed by atoms with van der Waals surface area (Å²) in [4.78, 5) is 40.0. The number of nitrogens with one attached hydrogen (secondary N) is 1. The van der Waals surface area contributed by atoms with E-state index in [9.17, 15) is 19.5 Å². The monoisotopic (exact) mass is 496 g/mol. The fraction of sp³-hybridized carbons (Fsp3) is 0.464. The van der Waals surface area contributed by atoms with Crippen LogP contribution in [0.25, 0.3) is 0 Å². The summed E-state index contributed by atoms with van der Waals surface area (Å²) in [6.45, 7) is 9.56. The quantitative estimate of drug-likeness (QED) is 0.400. The van der Waals surface area contributed by atoms with Crippen molar-refractivity contribution < 1.29 is 19.5 Å². The molecule has 2 rings (SSSR count). The molecule has 3 amide bonds. The molecule has 0 aliphatic carbocycles. The Morgan fingerprint density at radius 1 is 1.00 bits per heavy atom. The molecule has 3 atom stereocenters. The smallest absolute Gasteiger partial charge is 0.245 e. The van der Waals surface area contributed by atoms with E-state index in [0.717, 1.165) is 16.7 Å². The highest BCUT2D eigenvalue weighted by Gasteiger charge is 2.34. The Morgan fingerprint density at radius 3 is 2.14 bits per heavy atom. The van der Waals surface area contributed by atoms with Crippen molar-refractivity contribution in [3.8, 4) is 5.75 Å². The van der Waals surface area contributed by atoms with Crippen LogP contribution in [-0.4, -0.2) is 52.9 Å². The molecule has 0 heterocycles. The molecule has 0 saturated carbocycles. The third kappa shape index (κ3) is 7.55. The van der Waals surface area contributed by atoms with Crippen LogP contribution < -0.4 is 16.8 Å². The van der Waals surface area contributed by atoms with E-state index in [0.29, 0.717) is 6.42 Å². The van der Waals surface area contributed by atoms with Crippen molar-refractivity contribution in [2.45, 2.75) is 71.0 Å².